The van der Waals surface area contributed by atoms with Crippen LogP contribution in [-0.2, 0) is 6.54 Å². The van der Waals surface area contributed by atoms with Crippen molar-refractivity contribution >= 4 is 17.3 Å². The van der Waals surface area contributed by atoms with Crippen LogP contribution < -0.4 is 10.2 Å². The summed E-state index contributed by atoms with van der Waals surface area (Å²) in [5, 5.41) is 12.7. The summed E-state index contributed by atoms with van der Waals surface area (Å²) >= 11 is 0. The van der Waals surface area contributed by atoms with Gasteiger partial charge in [-0.1, -0.05) is 30.3 Å². The van der Waals surface area contributed by atoms with Crippen LogP contribution in [0.1, 0.15) is 40.4 Å². The number of carboxylic acid groups (broad SMARTS) is 1. The Morgan fingerprint density at radius 1 is 1.16 bits per heavy atom. The minimum absolute atomic E-state index is 0.176. The Kier molecular flexibility index (Phi) is 5.53. The summed E-state index contributed by atoms with van der Waals surface area (Å²) in [6, 6.07) is 17.2. The molecule has 1 fully saturated rings. The smallest absolute Gasteiger partial charge is 0.337 e. The zero-order chi connectivity index (χ0) is 22.1. The lowest BCUT2D eigenvalue weighted by molar-refractivity contribution is 0.0697. The van der Waals surface area contributed by atoms with Crippen molar-refractivity contribution in [3.05, 3.63) is 77.6 Å². The second kappa shape index (κ2) is 8.63. The highest BCUT2D eigenvalue weighted by molar-refractivity contribution is 5.93. The van der Waals surface area contributed by atoms with Crippen LogP contribution in [0.5, 0.6) is 0 Å². The third kappa shape index (κ3) is 3.82. The van der Waals surface area contributed by atoms with Crippen molar-refractivity contribution in [1.82, 2.24) is 9.88 Å². The molecule has 32 heavy (non-hydrogen) atoms. The molecule has 2 aliphatic rings. The van der Waals surface area contributed by atoms with Gasteiger partial charge >= 0.3 is 5.97 Å². The third-order valence-corrected chi connectivity index (χ3v) is 6.65. The zero-order valence-electron chi connectivity index (χ0n) is 18.3. The van der Waals surface area contributed by atoms with Gasteiger partial charge in [-0.15, -0.1) is 0 Å². The molecule has 1 saturated heterocycles. The summed E-state index contributed by atoms with van der Waals surface area (Å²) in [4.78, 5) is 20.4. The molecule has 2 aromatic carbocycles. The lowest BCUT2D eigenvalue weighted by atomic mass is 9.96. The van der Waals surface area contributed by atoms with E-state index in [2.05, 4.69) is 69.6 Å². The number of pyridine rings is 1. The number of nitrogens with zero attached hydrogens (tertiary/aromatic N) is 3. The maximum atomic E-state index is 11.5. The normalized spacial score (nSPS) is 18.0. The number of aromatic carboxylic acids is 1. The number of hydrogen-bond donors (Lipinski definition) is 2. The van der Waals surface area contributed by atoms with Crippen LogP contribution in [0, 0.1) is 0 Å². The Morgan fingerprint density at radius 2 is 1.97 bits per heavy atom. The number of anilines is 2. The monoisotopic (exact) mass is 428 g/mol. The first-order valence-corrected chi connectivity index (χ1v) is 11.2. The number of fused-ring (bicyclic) bond motifs is 1. The van der Waals surface area contributed by atoms with Crippen molar-refractivity contribution < 1.29 is 9.90 Å². The molecule has 164 valence electrons. The molecule has 0 bridgehead atoms. The van der Waals surface area contributed by atoms with Crippen molar-refractivity contribution in [2.24, 2.45) is 0 Å². The Balaban J connectivity index is 1.39. The average molecular weight is 429 g/mol. The van der Waals surface area contributed by atoms with Gasteiger partial charge in [0, 0.05) is 43.6 Å². The fraction of sp³-hybridized carbons (Fsp3) is 0.308. The number of aromatic nitrogens is 1. The number of nitrogens with one attached hydrogen (secondary N) is 1. The van der Waals surface area contributed by atoms with Crippen LogP contribution in [0.3, 0.4) is 0 Å². The van der Waals surface area contributed by atoms with Crippen molar-refractivity contribution in [3.8, 4) is 11.1 Å². The summed E-state index contributed by atoms with van der Waals surface area (Å²) in [6.45, 7) is 3.76. The molecule has 1 atom stereocenters. The summed E-state index contributed by atoms with van der Waals surface area (Å²) < 4.78 is 0. The first-order valence-electron chi connectivity index (χ1n) is 11.2. The van der Waals surface area contributed by atoms with E-state index < -0.39 is 5.97 Å². The molecule has 6 nitrogen and oxygen atoms in total. The topological polar surface area (TPSA) is 68.7 Å². The number of likely N-dealkylation sites (N-methyl/N-ethyl adjacent to an activating group) is 1. The predicted molar refractivity (Wildman–Crippen MR) is 127 cm³/mol. The SMILES string of the molecule is CN1Cc2cc(-c3ccccc3N3CCCC3)ccc2[C@@H]1CNc1cnccc1C(=O)O. The summed E-state index contributed by atoms with van der Waals surface area (Å²) in [5.41, 5.74) is 7.30. The van der Waals surface area contributed by atoms with E-state index in [4.69, 9.17) is 0 Å². The minimum Gasteiger partial charge on any atom is -0.478 e. The molecule has 0 radical (unpaired) electrons. The average Bonchev–Trinajstić information content (AvgIpc) is 3.45. The Labute approximate surface area is 188 Å². The van der Waals surface area contributed by atoms with Crippen LogP contribution in [-0.4, -0.2) is 47.6 Å². The number of benzene rings is 2. The Morgan fingerprint density at radius 3 is 2.78 bits per heavy atom. The van der Waals surface area contributed by atoms with E-state index in [1.54, 1.807) is 6.20 Å². The van der Waals surface area contributed by atoms with Gasteiger partial charge in [0.15, 0.2) is 0 Å². The van der Waals surface area contributed by atoms with Gasteiger partial charge in [-0.3, -0.25) is 9.88 Å². The lowest BCUT2D eigenvalue weighted by Gasteiger charge is -2.22. The van der Waals surface area contributed by atoms with Gasteiger partial charge in [0.05, 0.1) is 23.5 Å². The quantitative estimate of drug-likeness (QED) is 0.596. The molecule has 3 heterocycles. The number of para-hydroxylation sites is 1. The maximum Gasteiger partial charge on any atom is 0.337 e. The summed E-state index contributed by atoms with van der Waals surface area (Å²) in [7, 11) is 2.12. The van der Waals surface area contributed by atoms with E-state index >= 15 is 0 Å². The second-order valence-corrected chi connectivity index (χ2v) is 8.66. The highest BCUT2D eigenvalue weighted by Gasteiger charge is 2.28. The number of hydrogen-bond acceptors (Lipinski definition) is 5. The molecule has 3 aromatic rings. The van der Waals surface area contributed by atoms with E-state index in [9.17, 15) is 9.90 Å². The van der Waals surface area contributed by atoms with Crippen LogP contribution in [0.15, 0.2) is 60.9 Å². The molecular formula is C26H28N4O2. The molecule has 0 spiro atoms. The van der Waals surface area contributed by atoms with E-state index in [-0.39, 0.29) is 11.6 Å². The van der Waals surface area contributed by atoms with Crippen LogP contribution >= 0.6 is 0 Å². The molecule has 2 aliphatic heterocycles. The zero-order valence-corrected chi connectivity index (χ0v) is 18.3. The first kappa shape index (κ1) is 20.5. The van der Waals surface area contributed by atoms with Gasteiger partial charge in [-0.25, -0.2) is 4.79 Å². The van der Waals surface area contributed by atoms with Crippen molar-refractivity contribution in [2.75, 3.05) is 36.9 Å². The van der Waals surface area contributed by atoms with Crippen molar-refractivity contribution in [2.45, 2.75) is 25.4 Å². The molecule has 0 aliphatic carbocycles. The fourth-order valence-electron chi connectivity index (χ4n) is 5.00. The van der Waals surface area contributed by atoms with Crippen molar-refractivity contribution in [3.63, 3.8) is 0 Å². The van der Waals surface area contributed by atoms with Crippen LogP contribution in [0.2, 0.25) is 0 Å². The number of rotatable bonds is 6. The highest BCUT2D eigenvalue weighted by Crippen LogP contribution is 2.38. The summed E-state index contributed by atoms with van der Waals surface area (Å²) in [5.74, 6) is -0.948. The van der Waals surface area contributed by atoms with Crippen LogP contribution in [0.25, 0.3) is 11.1 Å². The molecule has 1 aromatic heterocycles. The molecule has 6 heteroatoms. The van der Waals surface area contributed by atoms with Crippen LogP contribution in [0.4, 0.5) is 11.4 Å². The van der Waals surface area contributed by atoms with Gasteiger partial charge in [-0.2, -0.15) is 0 Å². The van der Waals surface area contributed by atoms with Gasteiger partial charge in [0.1, 0.15) is 0 Å². The molecular weight excluding hydrogens is 400 g/mol. The highest BCUT2D eigenvalue weighted by atomic mass is 16.4. The van der Waals surface area contributed by atoms with Gasteiger partial charge < -0.3 is 15.3 Å². The van der Waals surface area contributed by atoms with Crippen molar-refractivity contribution in [1.29, 1.82) is 0 Å². The van der Waals surface area contributed by atoms with E-state index in [1.807, 2.05) is 0 Å². The van der Waals surface area contributed by atoms with Gasteiger partial charge in [-0.05, 0) is 54.8 Å². The predicted octanol–water partition coefficient (Wildman–Crippen LogP) is 4.65. The molecule has 5 rings (SSSR count). The number of carboxylic acids is 1. The van der Waals surface area contributed by atoms with E-state index in [0.29, 0.717) is 12.2 Å². The Bertz CT molecular complexity index is 1140. The maximum absolute atomic E-state index is 11.5. The second-order valence-electron chi connectivity index (χ2n) is 8.66. The largest absolute Gasteiger partial charge is 0.478 e. The summed E-state index contributed by atoms with van der Waals surface area (Å²) in [6.07, 6.45) is 5.61. The Hall–Kier alpha value is -3.38. The third-order valence-electron chi connectivity index (χ3n) is 6.65. The van der Waals surface area contributed by atoms with Gasteiger partial charge in [0.25, 0.3) is 0 Å². The van der Waals surface area contributed by atoms with E-state index in [0.717, 1.165) is 19.6 Å². The van der Waals surface area contributed by atoms with Gasteiger partial charge in [0.2, 0.25) is 0 Å². The fourth-order valence-corrected chi connectivity index (χ4v) is 5.00. The molecule has 0 unspecified atom stereocenters. The molecule has 0 amide bonds. The minimum atomic E-state index is -0.948. The standard InChI is InChI=1S/C26H28N4O2/c1-29-17-19-14-18(20-6-2-3-7-24(20)30-12-4-5-13-30)8-9-21(19)25(29)16-28-23-15-27-11-10-22(23)26(31)32/h2-3,6-11,14-15,25,28H,4-5,12-13,16-17H2,1H3,(H,31,32)/t25-/m0/s1. The first-order chi connectivity index (χ1) is 15.6. The lowest BCUT2D eigenvalue weighted by Crippen LogP contribution is -2.24. The molecule has 2 N–H and O–H groups in total. The van der Waals surface area contributed by atoms with E-state index in [1.165, 1.54) is 53.0 Å². The number of carbonyl (C=O) groups is 1. The molecule has 0 saturated carbocycles.